The van der Waals surface area contributed by atoms with Crippen LogP contribution in [-0.2, 0) is 6.42 Å². The van der Waals surface area contributed by atoms with Gasteiger partial charge >= 0.3 is 0 Å². The van der Waals surface area contributed by atoms with Gasteiger partial charge in [-0.05, 0) is 17.9 Å². The maximum atomic E-state index is 5.33. The van der Waals surface area contributed by atoms with Crippen LogP contribution in [0.15, 0.2) is 17.5 Å². The average molecular weight is 122 g/mol. The van der Waals surface area contributed by atoms with E-state index in [0.29, 0.717) is 0 Å². The van der Waals surface area contributed by atoms with Crippen molar-refractivity contribution in [3.05, 3.63) is 22.4 Å². The van der Waals surface area contributed by atoms with Gasteiger partial charge in [0, 0.05) is 4.88 Å². The fourth-order valence-corrected chi connectivity index (χ4v) is 1.32. The third kappa shape index (κ3) is 1.37. The third-order valence-corrected chi connectivity index (χ3v) is 1.91. The van der Waals surface area contributed by atoms with E-state index in [1.807, 2.05) is 0 Å². The molecule has 1 aromatic rings. The molecule has 0 saturated heterocycles. The first kappa shape index (κ1) is 5.89. The average Bonchev–Trinajstić information content (AvgIpc) is 2.19. The zero-order valence-electron chi connectivity index (χ0n) is 4.63. The van der Waals surface area contributed by atoms with Crippen LogP contribution in [0.1, 0.15) is 4.88 Å². The number of hydrogen-bond donors (Lipinski definition) is 0. The van der Waals surface area contributed by atoms with Crippen molar-refractivity contribution in [2.24, 2.45) is 0 Å². The lowest BCUT2D eigenvalue weighted by Crippen LogP contribution is -1.74. The molecule has 1 aromatic heterocycles. The molecular weight excluding hydrogens is 115 g/mol. The number of thiophene rings is 1. The highest BCUT2D eigenvalue weighted by atomic mass is 32.1. The summed E-state index contributed by atoms with van der Waals surface area (Å²) in [5.41, 5.74) is 0. The van der Waals surface area contributed by atoms with E-state index in [2.05, 4.69) is 17.5 Å². The summed E-state index contributed by atoms with van der Waals surface area (Å²) in [6.45, 7) is 0. The van der Waals surface area contributed by atoms with Crippen molar-refractivity contribution in [2.45, 2.75) is 12.7 Å². The van der Waals surface area contributed by atoms with E-state index < -0.39 is 0 Å². The van der Waals surface area contributed by atoms with Gasteiger partial charge in [0.25, 0.3) is 0 Å². The van der Waals surface area contributed by atoms with Crippen LogP contribution in [0, 0.1) is 0 Å². The van der Waals surface area contributed by atoms with Crippen LogP contribution in [0.3, 0.4) is 0 Å². The normalized spacial score (nSPS) is 9.50. The molecule has 0 unspecified atom stereocenters. The van der Waals surface area contributed by atoms with Crippen molar-refractivity contribution in [3.63, 3.8) is 0 Å². The summed E-state index contributed by atoms with van der Waals surface area (Å²) in [6, 6.07) is 4.16. The van der Waals surface area contributed by atoms with E-state index in [1.54, 1.807) is 11.3 Å². The van der Waals surface area contributed by atoms with Gasteiger partial charge in [-0.2, -0.15) is 0 Å². The molecule has 2 heteroatoms. The Morgan fingerprint density at radius 2 is 2.50 bits per heavy atom. The minimum absolute atomic E-state index is 0.764. The minimum Gasteiger partial charge on any atom is -0.149 e. The highest BCUT2D eigenvalue weighted by Crippen LogP contribution is 2.09. The Morgan fingerprint density at radius 3 is 3.00 bits per heavy atom. The van der Waals surface area contributed by atoms with Crippen LogP contribution in [-0.4, -0.2) is 7.85 Å². The second-order valence-electron chi connectivity index (χ2n) is 1.62. The van der Waals surface area contributed by atoms with Crippen LogP contribution in [0.25, 0.3) is 0 Å². The van der Waals surface area contributed by atoms with E-state index in [1.165, 1.54) is 4.88 Å². The molecule has 0 spiro atoms. The van der Waals surface area contributed by atoms with Crippen LogP contribution in [0.5, 0.6) is 0 Å². The quantitative estimate of drug-likeness (QED) is 0.525. The maximum Gasteiger partial charge on any atom is 0.0657 e. The predicted octanol–water partition coefficient (Wildman–Crippen LogP) is 1.88. The van der Waals surface area contributed by atoms with Gasteiger partial charge in [-0.25, -0.2) is 0 Å². The Bertz CT molecular complexity index is 134. The van der Waals surface area contributed by atoms with Crippen molar-refractivity contribution < 1.29 is 0 Å². The molecule has 0 amide bonds. The van der Waals surface area contributed by atoms with Crippen molar-refractivity contribution in [2.75, 3.05) is 0 Å². The molecule has 0 aromatic carbocycles. The van der Waals surface area contributed by atoms with E-state index in [9.17, 15) is 0 Å². The van der Waals surface area contributed by atoms with Crippen molar-refractivity contribution >= 4 is 19.2 Å². The first-order valence-corrected chi connectivity index (χ1v) is 3.54. The summed E-state index contributed by atoms with van der Waals surface area (Å²) in [5.74, 6) is 0. The minimum atomic E-state index is 0.764. The lowest BCUT2D eigenvalue weighted by atomic mass is 10.0. The van der Waals surface area contributed by atoms with E-state index >= 15 is 0 Å². The molecule has 1 rings (SSSR count). The maximum absolute atomic E-state index is 5.33. The highest BCUT2D eigenvalue weighted by molar-refractivity contribution is 7.09. The second-order valence-corrected chi connectivity index (χ2v) is 2.65. The SMILES string of the molecule is [B]CCc1cccs1. The number of aryl methyl sites for hydroxylation is 1. The van der Waals surface area contributed by atoms with Gasteiger partial charge in [-0.1, -0.05) is 12.4 Å². The summed E-state index contributed by atoms with van der Waals surface area (Å²) < 4.78 is 0. The van der Waals surface area contributed by atoms with Crippen molar-refractivity contribution in [3.8, 4) is 0 Å². The molecule has 0 fully saturated rings. The predicted molar refractivity (Wildman–Crippen MR) is 38.6 cm³/mol. The molecule has 0 N–H and O–H groups in total. The summed E-state index contributed by atoms with van der Waals surface area (Å²) >= 11 is 1.77. The summed E-state index contributed by atoms with van der Waals surface area (Å²) in [5, 5.41) is 2.07. The molecule has 0 aliphatic heterocycles. The third-order valence-electron chi connectivity index (χ3n) is 0.971. The van der Waals surface area contributed by atoms with Crippen LogP contribution >= 0.6 is 11.3 Å². The summed E-state index contributed by atoms with van der Waals surface area (Å²) in [4.78, 5) is 1.38. The summed E-state index contributed by atoms with van der Waals surface area (Å²) in [6.07, 6.45) is 1.79. The monoisotopic (exact) mass is 122 g/mol. The van der Waals surface area contributed by atoms with Gasteiger partial charge in [0.15, 0.2) is 0 Å². The largest absolute Gasteiger partial charge is 0.149 e. The Labute approximate surface area is 55.0 Å². The first-order valence-electron chi connectivity index (χ1n) is 2.66. The molecule has 0 bridgehead atoms. The summed E-state index contributed by atoms with van der Waals surface area (Å²) in [7, 11) is 5.33. The lowest BCUT2D eigenvalue weighted by molar-refractivity contribution is 1.18. The molecule has 2 radical (unpaired) electrons. The molecule has 0 aliphatic carbocycles. The molecule has 0 saturated carbocycles. The van der Waals surface area contributed by atoms with Crippen molar-refractivity contribution in [1.82, 2.24) is 0 Å². The zero-order chi connectivity index (χ0) is 5.82. The zero-order valence-corrected chi connectivity index (χ0v) is 5.45. The fourth-order valence-electron chi connectivity index (χ4n) is 0.597. The van der Waals surface area contributed by atoms with Crippen LogP contribution in [0.4, 0.5) is 0 Å². The lowest BCUT2D eigenvalue weighted by Gasteiger charge is -1.85. The Balaban J connectivity index is 2.50. The van der Waals surface area contributed by atoms with Gasteiger partial charge in [-0.15, -0.1) is 11.3 Å². The van der Waals surface area contributed by atoms with E-state index in [4.69, 9.17) is 7.85 Å². The number of rotatable bonds is 2. The van der Waals surface area contributed by atoms with E-state index in [-0.39, 0.29) is 0 Å². The molecule has 8 heavy (non-hydrogen) atoms. The Morgan fingerprint density at radius 1 is 1.62 bits per heavy atom. The van der Waals surface area contributed by atoms with Crippen LogP contribution < -0.4 is 0 Å². The van der Waals surface area contributed by atoms with Crippen LogP contribution in [0.2, 0.25) is 6.32 Å². The van der Waals surface area contributed by atoms with E-state index in [0.717, 1.165) is 12.7 Å². The van der Waals surface area contributed by atoms with Gasteiger partial charge in [0.1, 0.15) is 0 Å². The Hall–Kier alpha value is -0.235. The highest BCUT2D eigenvalue weighted by Gasteiger charge is 1.86. The first-order chi connectivity index (χ1) is 3.93. The molecule has 1 heterocycles. The molecule has 0 nitrogen and oxygen atoms in total. The second kappa shape index (κ2) is 2.93. The van der Waals surface area contributed by atoms with Gasteiger partial charge in [0.2, 0.25) is 0 Å². The van der Waals surface area contributed by atoms with Gasteiger partial charge < -0.3 is 0 Å². The Kier molecular flexibility index (Phi) is 2.16. The smallest absolute Gasteiger partial charge is 0.0657 e. The van der Waals surface area contributed by atoms with Crippen molar-refractivity contribution in [1.29, 1.82) is 0 Å². The molecule has 0 atom stereocenters. The number of hydrogen-bond acceptors (Lipinski definition) is 1. The molecule has 40 valence electrons. The molecular formula is C6H7BS. The van der Waals surface area contributed by atoms with Gasteiger partial charge in [0.05, 0.1) is 7.85 Å². The molecule has 0 aliphatic rings. The standard InChI is InChI=1S/C6H7BS/c7-4-3-6-2-1-5-8-6/h1-2,5H,3-4H2. The fraction of sp³-hybridized carbons (Fsp3) is 0.333. The van der Waals surface area contributed by atoms with Gasteiger partial charge in [-0.3, -0.25) is 0 Å². The topological polar surface area (TPSA) is 0 Å².